The lowest BCUT2D eigenvalue weighted by Crippen LogP contribution is -2.36. The average molecular weight is 274 g/mol. The van der Waals surface area contributed by atoms with Crippen LogP contribution in [0.3, 0.4) is 0 Å². The summed E-state index contributed by atoms with van der Waals surface area (Å²) in [7, 11) is 0. The van der Waals surface area contributed by atoms with Crippen LogP contribution in [0.5, 0.6) is 0 Å². The van der Waals surface area contributed by atoms with Crippen LogP contribution in [0.15, 0.2) is 12.1 Å². The van der Waals surface area contributed by atoms with Gasteiger partial charge in [-0.3, -0.25) is 4.79 Å². The molecule has 1 heterocycles. The molecule has 1 aliphatic rings. The Morgan fingerprint density at radius 2 is 1.85 bits per heavy atom. The summed E-state index contributed by atoms with van der Waals surface area (Å²) >= 11 is 0. The molecule has 1 saturated heterocycles. The highest BCUT2D eigenvalue weighted by Crippen LogP contribution is 2.26. The lowest BCUT2D eigenvalue weighted by molar-refractivity contribution is -0.117. The second kappa shape index (κ2) is 6.89. The molecular formula is C17H26N2O. The minimum Gasteiger partial charge on any atom is -0.324 e. The van der Waals surface area contributed by atoms with Gasteiger partial charge in [0.1, 0.15) is 0 Å². The van der Waals surface area contributed by atoms with Crippen molar-refractivity contribution in [3.63, 3.8) is 0 Å². The smallest absolute Gasteiger partial charge is 0.241 e. The fraction of sp³-hybridized carbons (Fsp3) is 0.588. The highest BCUT2D eigenvalue weighted by molar-refractivity contribution is 5.96. The molecule has 2 rings (SSSR count). The maximum atomic E-state index is 12.3. The Labute approximate surface area is 122 Å². The predicted molar refractivity (Wildman–Crippen MR) is 84.2 cm³/mol. The molecule has 1 aromatic carbocycles. The van der Waals surface area contributed by atoms with Crippen LogP contribution in [0.2, 0.25) is 0 Å². The first-order valence-electron chi connectivity index (χ1n) is 7.88. The Bertz CT molecular complexity index is 451. The number of carbonyl (C=O) groups excluding carboxylic acids is 1. The van der Waals surface area contributed by atoms with Gasteiger partial charge in [0.2, 0.25) is 5.91 Å². The maximum absolute atomic E-state index is 12.3. The van der Waals surface area contributed by atoms with Crippen LogP contribution in [0.25, 0.3) is 0 Å². The monoisotopic (exact) mass is 274 g/mol. The molecule has 2 N–H and O–H groups in total. The van der Waals surface area contributed by atoms with Crippen LogP contribution < -0.4 is 10.6 Å². The molecule has 1 fully saturated rings. The average Bonchev–Trinajstić information content (AvgIpc) is 3.01. The molecule has 0 aromatic heterocycles. The van der Waals surface area contributed by atoms with E-state index >= 15 is 0 Å². The first kappa shape index (κ1) is 15.0. The number of benzene rings is 1. The number of hydrogen-bond acceptors (Lipinski definition) is 2. The summed E-state index contributed by atoms with van der Waals surface area (Å²) in [5, 5.41) is 6.43. The number of rotatable bonds is 5. The minimum absolute atomic E-state index is 0.0183. The molecule has 1 amide bonds. The lowest BCUT2D eigenvalue weighted by Gasteiger charge is -2.18. The predicted octanol–water partition coefficient (Wildman–Crippen LogP) is 3.06. The Hall–Kier alpha value is -1.35. The van der Waals surface area contributed by atoms with Gasteiger partial charge in [-0.15, -0.1) is 0 Å². The zero-order valence-corrected chi connectivity index (χ0v) is 12.9. The third-order valence-electron chi connectivity index (χ3n) is 4.16. The summed E-state index contributed by atoms with van der Waals surface area (Å²) < 4.78 is 0. The molecule has 0 spiro atoms. The second-order valence-corrected chi connectivity index (χ2v) is 5.49. The SMILES string of the molecule is CCc1cc(CC)c(NC(=O)[C@@H]2CCCN2)c(CC)c1. The van der Waals surface area contributed by atoms with Crippen molar-refractivity contribution in [3.8, 4) is 0 Å². The van der Waals surface area contributed by atoms with Gasteiger partial charge in [0, 0.05) is 5.69 Å². The molecule has 1 aromatic rings. The van der Waals surface area contributed by atoms with Gasteiger partial charge in [0.25, 0.3) is 0 Å². The highest BCUT2D eigenvalue weighted by atomic mass is 16.2. The van der Waals surface area contributed by atoms with Crippen LogP contribution in [0, 0.1) is 0 Å². The van der Waals surface area contributed by atoms with Crippen molar-refractivity contribution in [1.82, 2.24) is 5.32 Å². The highest BCUT2D eigenvalue weighted by Gasteiger charge is 2.23. The van der Waals surface area contributed by atoms with Crippen molar-refractivity contribution >= 4 is 11.6 Å². The molecular weight excluding hydrogens is 248 g/mol. The summed E-state index contributed by atoms with van der Waals surface area (Å²) in [5.74, 6) is 0.121. The summed E-state index contributed by atoms with van der Waals surface area (Å²) in [4.78, 5) is 12.3. The van der Waals surface area contributed by atoms with E-state index in [1.807, 2.05) is 0 Å². The number of carbonyl (C=O) groups is 1. The van der Waals surface area contributed by atoms with Crippen molar-refractivity contribution in [2.75, 3.05) is 11.9 Å². The Morgan fingerprint density at radius 3 is 2.30 bits per heavy atom. The van der Waals surface area contributed by atoms with Crippen LogP contribution in [0.1, 0.15) is 50.3 Å². The minimum atomic E-state index is -0.0183. The lowest BCUT2D eigenvalue weighted by atomic mass is 9.97. The van der Waals surface area contributed by atoms with Gasteiger partial charge in [-0.25, -0.2) is 0 Å². The van der Waals surface area contributed by atoms with Gasteiger partial charge in [-0.05, 0) is 55.3 Å². The number of amides is 1. The second-order valence-electron chi connectivity index (χ2n) is 5.49. The van der Waals surface area contributed by atoms with Crippen molar-refractivity contribution in [3.05, 3.63) is 28.8 Å². The Morgan fingerprint density at radius 1 is 1.20 bits per heavy atom. The largest absolute Gasteiger partial charge is 0.324 e. The van der Waals surface area contributed by atoms with Gasteiger partial charge in [0.05, 0.1) is 6.04 Å². The van der Waals surface area contributed by atoms with Gasteiger partial charge in [0.15, 0.2) is 0 Å². The van der Waals surface area contributed by atoms with Gasteiger partial charge < -0.3 is 10.6 Å². The van der Waals surface area contributed by atoms with Crippen LogP contribution in [-0.2, 0) is 24.1 Å². The van der Waals surface area contributed by atoms with Crippen molar-refractivity contribution in [1.29, 1.82) is 0 Å². The van der Waals surface area contributed by atoms with E-state index in [4.69, 9.17) is 0 Å². The van der Waals surface area contributed by atoms with Gasteiger partial charge >= 0.3 is 0 Å². The molecule has 110 valence electrons. The van der Waals surface area contributed by atoms with Crippen molar-refractivity contribution in [2.45, 2.75) is 58.9 Å². The Kier molecular flexibility index (Phi) is 5.18. The van der Waals surface area contributed by atoms with E-state index in [9.17, 15) is 4.79 Å². The molecule has 0 aliphatic carbocycles. The van der Waals surface area contributed by atoms with Crippen LogP contribution in [-0.4, -0.2) is 18.5 Å². The third-order valence-corrected chi connectivity index (χ3v) is 4.16. The molecule has 0 bridgehead atoms. The summed E-state index contributed by atoms with van der Waals surface area (Å²) in [6.45, 7) is 7.43. The van der Waals surface area contributed by atoms with Crippen LogP contribution >= 0.6 is 0 Å². The molecule has 20 heavy (non-hydrogen) atoms. The first-order chi connectivity index (χ1) is 9.69. The zero-order chi connectivity index (χ0) is 14.5. The van der Waals surface area contributed by atoms with Crippen LogP contribution in [0.4, 0.5) is 5.69 Å². The summed E-state index contributed by atoms with van der Waals surface area (Å²) in [6.07, 6.45) is 4.98. The van der Waals surface area contributed by atoms with E-state index in [-0.39, 0.29) is 11.9 Å². The van der Waals surface area contributed by atoms with E-state index in [1.165, 1.54) is 16.7 Å². The number of aryl methyl sites for hydroxylation is 3. The van der Waals surface area contributed by atoms with E-state index in [2.05, 4.69) is 43.5 Å². The third kappa shape index (κ3) is 3.21. The molecule has 1 atom stereocenters. The zero-order valence-electron chi connectivity index (χ0n) is 12.9. The molecule has 3 nitrogen and oxygen atoms in total. The molecule has 3 heteroatoms. The molecule has 0 unspecified atom stereocenters. The topological polar surface area (TPSA) is 41.1 Å². The van der Waals surface area contributed by atoms with E-state index < -0.39 is 0 Å². The molecule has 1 aliphatic heterocycles. The van der Waals surface area contributed by atoms with E-state index in [0.717, 1.165) is 44.3 Å². The summed E-state index contributed by atoms with van der Waals surface area (Å²) in [6, 6.07) is 4.45. The quantitative estimate of drug-likeness (QED) is 0.866. The molecule has 0 radical (unpaired) electrons. The fourth-order valence-electron chi connectivity index (χ4n) is 2.88. The number of anilines is 1. The van der Waals surface area contributed by atoms with Gasteiger partial charge in [-0.1, -0.05) is 32.9 Å². The number of nitrogens with one attached hydrogen (secondary N) is 2. The van der Waals surface area contributed by atoms with E-state index in [0.29, 0.717) is 0 Å². The first-order valence-corrected chi connectivity index (χ1v) is 7.88. The standard InChI is InChI=1S/C17H26N2O/c1-4-12-10-13(5-2)16(14(6-3)11-12)19-17(20)15-8-7-9-18-15/h10-11,15,18H,4-9H2,1-3H3,(H,19,20)/t15-/m0/s1. The van der Waals surface area contributed by atoms with E-state index in [1.54, 1.807) is 0 Å². The fourth-order valence-corrected chi connectivity index (χ4v) is 2.88. The molecule has 0 saturated carbocycles. The normalized spacial score (nSPS) is 18.2. The Balaban J connectivity index is 2.26. The van der Waals surface area contributed by atoms with Crippen molar-refractivity contribution in [2.24, 2.45) is 0 Å². The number of hydrogen-bond donors (Lipinski definition) is 2. The maximum Gasteiger partial charge on any atom is 0.241 e. The van der Waals surface area contributed by atoms with Crippen molar-refractivity contribution < 1.29 is 4.79 Å². The summed E-state index contributed by atoms with van der Waals surface area (Å²) in [5.41, 5.74) is 4.92. The van der Waals surface area contributed by atoms with Gasteiger partial charge in [-0.2, -0.15) is 0 Å².